The fourth-order valence-corrected chi connectivity index (χ4v) is 6.04. The molecule has 5 rings (SSSR count). The second-order valence-corrected chi connectivity index (χ2v) is 11.8. The fraction of sp³-hybridized carbons (Fsp3) is 0.289. The van der Waals surface area contributed by atoms with Gasteiger partial charge in [0.25, 0.3) is 0 Å². The number of aryl methyl sites for hydroxylation is 2. The summed E-state index contributed by atoms with van der Waals surface area (Å²) >= 11 is 0. The smallest absolute Gasteiger partial charge is 0.407 e. The highest BCUT2D eigenvalue weighted by Crippen LogP contribution is 2.32. The maximum atomic E-state index is 14.1. The average Bonchev–Trinajstić information content (AvgIpc) is 3.10. The standard InChI is InChI=1S/C38H40N4O5/c1-26-21-27(22-39)17-20-34(26)46-25-32-24-40-23-31(47-32)19-18-28-11-9-10-16-33(28)41-37(43)36(42(2)38(44)45)35(29-12-5-3-6-13-29)30-14-7-4-8-15-30/h3-17,20-21,31-32,35-36,40H,18-19,23-25H2,1-2H3,(H,41,43)(H,44,45)/t31-,32+,36+/m1/s1. The van der Waals surface area contributed by atoms with Crippen LogP contribution in [-0.2, 0) is 16.0 Å². The summed E-state index contributed by atoms with van der Waals surface area (Å²) in [6.07, 6.45) is -0.0362. The van der Waals surface area contributed by atoms with Gasteiger partial charge in [-0.3, -0.25) is 9.69 Å². The van der Waals surface area contributed by atoms with Crippen LogP contribution in [-0.4, -0.2) is 67.0 Å². The van der Waals surface area contributed by atoms with Crippen LogP contribution in [0.2, 0.25) is 0 Å². The molecule has 9 nitrogen and oxygen atoms in total. The van der Waals surface area contributed by atoms with Crippen LogP contribution in [0, 0.1) is 18.3 Å². The van der Waals surface area contributed by atoms with Crippen molar-refractivity contribution in [1.82, 2.24) is 10.2 Å². The Bertz CT molecular complexity index is 1650. The van der Waals surface area contributed by atoms with Crippen molar-refractivity contribution in [3.05, 3.63) is 131 Å². The molecular weight excluding hydrogens is 592 g/mol. The van der Waals surface area contributed by atoms with Crippen molar-refractivity contribution in [3.63, 3.8) is 0 Å². The lowest BCUT2D eigenvalue weighted by Gasteiger charge is -2.33. The first-order valence-electron chi connectivity index (χ1n) is 15.8. The van der Waals surface area contributed by atoms with Crippen LogP contribution in [0.4, 0.5) is 10.5 Å². The van der Waals surface area contributed by atoms with Gasteiger partial charge in [-0.25, -0.2) is 4.79 Å². The van der Waals surface area contributed by atoms with Crippen molar-refractivity contribution in [2.45, 2.75) is 43.9 Å². The first-order valence-corrected chi connectivity index (χ1v) is 15.8. The molecule has 0 bridgehead atoms. The van der Waals surface area contributed by atoms with Gasteiger partial charge >= 0.3 is 6.09 Å². The first kappa shape index (κ1) is 33.2. The summed E-state index contributed by atoms with van der Waals surface area (Å²) in [5.41, 5.74) is 4.76. The zero-order valence-corrected chi connectivity index (χ0v) is 26.6. The lowest BCUT2D eigenvalue weighted by atomic mass is 9.84. The normalized spacial score (nSPS) is 16.6. The molecule has 0 saturated carbocycles. The first-order chi connectivity index (χ1) is 22.8. The monoisotopic (exact) mass is 632 g/mol. The van der Waals surface area contributed by atoms with Crippen molar-refractivity contribution in [3.8, 4) is 11.8 Å². The number of para-hydroxylation sites is 1. The number of hydrogen-bond acceptors (Lipinski definition) is 6. The van der Waals surface area contributed by atoms with Crippen LogP contribution >= 0.6 is 0 Å². The summed E-state index contributed by atoms with van der Waals surface area (Å²) in [5, 5.41) is 25.7. The Kier molecular flexibility index (Phi) is 11.2. The number of carbonyl (C=O) groups is 2. The number of nitrogens with one attached hydrogen (secondary N) is 2. The van der Waals surface area contributed by atoms with Gasteiger partial charge < -0.3 is 25.2 Å². The van der Waals surface area contributed by atoms with E-state index in [2.05, 4.69) is 16.7 Å². The third kappa shape index (κ3) is 8.55. The topological polar surface area (TPSA) is 124 Å². The fourth-order valence-electron chi connectivity index (χ4n) is 6.04. The summed E-state index contributed by atoms with van der Waals surface area (Å²) < 4.78 is 12.4. The lowest BCUT2D eigenvalue weighted by Crippen LogP contribution is -2.48. The molecule has 1 heterocycles. The summed E-state index contributed by atoms with van der Waals surface area (Å²) in [4.78, 5) is 27.5. The Labute approximate surface area is 275 Å². The predicted octanol–water partition coefficient (Wildman–Crippen LogP) is 5.98. The summed E-state index contributed by atoms with van der Waals surface area (Å²) in [6.45, 7) is 3.66. The molecule has 0 radical (unpaired) electrons. The van der Waals surface area contributed by atoms with E-state index in [0.29, 0.717) is 43.8 Å². The number of benzene rings is 4. The van der Waals surface area contributed by atoms with E-state index in [-0.39, 0.29) is 12.2 Å². The van der Waals surface area contributed by atoms with E-state index in [1.807, 2.05) is 97.9 Å². The second kappa shape index (κ2) is 15.9. The van der Waals surface area contributed by atoms with Crippen LogP contribution < -0.4 is 15.4 Å². The number of amides is 2. The van der Waals surface area contributed by atoms with Gasteiger partial charge in [0.05, 0.1) is 17.7 Å². The Morgan fingerprint density at radius 3 is 2.26 bits per heavy atom. The average molecular weight is 633 g/mol. The summed E-state index contributed by atoms with van der Waals surface area (Å²) in [6, 6.07) is 33.1. The van der Waals surface area contributed by atoms with E-state index in [9.17, 15) is 14.7 Å². The highest BCUT2D eigenvalue weighted by Gasteiger charge is 2.37. The molecule has 2 amide bonds. The van der Waals surface area contributed by atoms with Crippen LogP contribution in [0.1, 0.15) is 40.2 Å². The molecule has 0 spiro atoms. The summed E-state index contributed by atoms with van der Waals surface area (Å²) in [7, 11) is 1.44. The molecule has 242 valence electrons. The second-order valence-electron chi connectivity index (χ2n) is 11.8. The van der Waals surface area contributed by atoms with Crippen LogP contribution in [0.25, 0.3) is 0 Å². The molecule has 1 saturated heterocycles. The zero-order valence-electron chi connectivity index (χ0n) is 26.6. The van der Waals surface area contributed by atoms with Crippen LogP contribution in [0.15, 0.2) is 103 Å². The van der Waals surface area contributed by atoms with Gasteiger partial charge in [-0.05, 0) is 66.3 Å². The minimum absolute atomic E-state index is 0.0606. The number of nitrogens with zero attached hydrogens (tertiary/aromatic N) is 2. The molecule has 1 aliphatic rings. The molecule has 47 heavy (non-hydrogen) atoms. The number of carboxylic acid groups (broad SMARTS) is 1. The highest BCUT2D eigenvalue weighted by atomic mass is 16.5. The maximum Gasteiger partial charge on any atom is 0.407 e. The molecule has 4 aromatic rings. The van der Waals surface area contributed by atoms with Gasteiger partial charge in [0.1, 0.15) is 24.5 Å². The van der Waals surface area contributed by atoms with E-state index in [1.165, 1.54) is 7.05 Å². The largest absolute Gasteiger partial charge is 0.491 e. The van der Waals surface area contributed by atoms with Gasteiger partial charge in [0.15, 0.2) is 0 Å². The quantitative estimate of drug-likeness (QED) is 0.175. The SMILES string of the molecule is Cc1cc(C#N)ccc1OC[C@@H]1CNC[C@@H](CCc2ccccc2NC(=O)[C@H](C(c2ccccc2)c2ccccc2)N(C)C(=O)O)O1. The number of hydrogen-bond donors (Lipinski definition) is 3. The number of ether oxygens (including phenoxy) is 2. The van der Waals surface area contributed by atoms with Crippen LogP contribution in [0.3, 0.4) is 0 Å². The third-order valence-electron chi connectivity index (χ3n) is 8.49. The maximum absolute atomic E-state index is 14.1. The van der Waals surface area contributed by atoms with E-state index >= 15 is 0 Å². The van der Waals surface area contributed by atoms with Crippen molar-refractivity contribution >= 4 is 17.7 Å². The molecule has 9 heteroatoms. The van der Waals surface area contributed by atoms with Gasteiger partial charge in [0, 0.05) is 31.7 Å². The summed E-state index contributed by atoms with van der Waals surface area (Å²) in [5.74, 6) is -0.210. The Hall–Kier alpha value is -5.17. The number of anilines is 1. The molecule has 0 aromatic heterocycles. The Morgan fingerprint density at radius 1 is 0.979 bits per heavy atom. The van der Waals surface area contributed by atoms with Crippen molar-refractivity contribution in [2.24, 2.45) is 0 Å². The van der Waals surface area contributed by atoms with Gasteiger partial charge in [-0.2, -0.15) is 5.26 Å². The molecule has 0 aliphatic carbocycles. The van der Waals surface area contributed by atoms with E-state index in [1.54, 1.807) is 12.1 Å². The number of morpholine rings is 1. The molecule has 4 aromatic carbocycles. The highest BCUT2D eigenvalue weighted by molar-refractivity contribution is 5.98. The molecule has 3 atom stereocenters. The molecular formula is C38H40N4O5. The lowest BCUT2D eigenvalue weighted by molar-refractivity contribution is -0.120. The van der Waals surface area contributed by atoms with Gasteiger partial charge in [-0.1, -0.05) is 78.9 Å². The number of carbonyl (C=O) groups excluding carboxylic acids is 1. The number of nitriles is 1. The molecule has 1 fully saturated rings. The number of likely N-dealkylation sites (N-methyl/N-ethyl adjacent to an activating group) is 1. The van der Waals surface area contributed by atoms with E-state index in [4.69, 9.17) is 14.7 Å². The van der Waals surface area contributed by atoms with Crippen molar-refractivity contribution < 1.29 is 24.2 Å². The van der Waals surface area contributed by atoms with Crippen molar-refractivity contribution in [1.29, 1.82) is 5.26 Å². The van der Waals surface area contributed by atoms with Crippen molar-refractivity contribution in [2.75, 3.05) is 32.1 Å². The predicted molar refractivity (Wildman–Crippen MR) is 181 cm³/mol. The van der Waals surface area contributed by atoms with Crippen LogP contribution in [0.5, 0.6) is 5.75 Å². The van der Waals surface area contributed by atoms with Gasteiger partial charge in [0.2, 0.25) is 5.91 Å². The van der Waals surface area contributed by atoms with Gasteiger partial charge in [-0.15, -0.1) is 0 Å². The minimum atomic E-state index is -1.19. The zero-order chi connectivity index (χ0) is 33.2. The number of rotatable bonds is 12. The Morgan fingerprint density at radius 2 is 1.62 bits per heavy atom. The van der Waals surface area contributed by atoms with E-state index in [0.717, 1.165) is 32.9 Å². The molecule has 1 aliphatic heterocycles. The molecule has 3 N–H and O–H groups in total. The Balaban J connectivity index is 1.27. The van der Waals surface area contributed by atoms with E-state index < -0.39 is 24.0 Å². The minimum Gasteiger partial charge on any atom is -0.491 e. The third-order valence-corrected chi connectivity index (χ3v) is 8.49. The molecule has 0 unspecified atom stereocenters.